The van der Waals surface area contributed by atoms with Gasteiger partial charge in [-0.2, -0.15) is 13.2 Å². The molecule has 4 nitrogen and oxygen atoms in total. The third-order valence-electron chi connectivity index (χ3n) is 3.39. The van der Waals surface area contributed by atoms with Gasteiger partial charge in [-0.05, 0) is 42.3 Å². The van der Waals surface area contributed by atoms with E-state index in [1.54, 1.807) is 0 Å². The first kappa shape index (κ1) is 20.4. The molecule has 0 atom stereocenters. The lowest BCUT2D eigenvalue weighted by atomic mass is 10.1. The summed E-state index contributed by atoms with van der Waals surface area (Å²) in [6.07, 6.45) is -6.37. The highest BCUT2D eigenvalue weighted by Crippen LogP contribution is 2.25. The van der Waals surface area contributed by atoms with E-state index < -0.39 is 30.6 Å². The predicted octanol–water partition coefficient (Wildman–Crippen LogP) is 5.17. The molecule has 0 spiro atoms. The average Bonchev–Trinajstić information content (AvgIpc) is 2.83. The molecule has 1 heterocycles. The van der Waals surface area contributed by atoms with Gasteiger partial charge < -0.3 is 9.15 Å². The molecule has 0 saturated carbocycles. The van der Waals surface area contributed by atoms with Gasteiger partial charge in [-0.15, -0.1) is 13.2 Å². The van der Waals surface area contributed by atoms with Crippen molar-refractivity contribution in [3.63, 3.8) is 0 Å². The molecule has 0 aliphatic carbocycles. The summed E-state index contributed by atoms with van der Waals surface area (Å²) in [5.74, 6) is -1.71. The van der Waals surface area contributed by atoms with Crippen LogP contribution in [0.25, 0.3) is 16.7 Å². The molecular weight excluding hydrogens is 380 g/mol. The monoisotopic (exact) mass is 393 g/mol. The van der Waals surface area contributed by atoms with Gasteiger partial charge in [-0.3, -0.25) is 4.57 Å². The summed E-state index contributed by atoms with van der Waals surface area (Å²) in [4.78, 5) is 11.6. The van der Waals surface area contributed by atoms with E-state index in [1.165, 1.54) is 31.2 Å². The van der Waals surface area contributed by atoms with Gasteiger partial charge in [0.05, 0.1) is 5.52 Å². The normalized spacial score (nSPS) is 13.9. The maximum atomic E-state index is 12.6. The Morgan fingerprint density at radius 1 is 1.22 bits per heavy atom. The zero-order valence-electron chi connectivity index (χ0n) is 13.8. The summed E-state index contributed by atoms with van der Waals surface area (Å²) in [6, 6.07) is 4.05. The minimum absolute atomic E-state index is 0.0384. The smallest absolute Gasteiger partial charge is 0.408 e. The minimum Gasteiger partial charge on any atom is -0.408 e. The zero-order chi connectivity index (χ0) is 20.4. The highest BCUT2D eigenvalue weighted by atomic mass is 19.4. The van der Waals surface area contributed by atoms with Gasteiger partial charge in [-0.25, -0.2) is 4.79 Å². The number of hydrogen-bond donors (Lipinski definition) is 0. The third-order valence-corrected chi connectivity index (χ3v) is 3.39. The van der Waals surface area contributed by atoms with Crippen molar-refractivity contribution in [1.29, 1.82) is 0 Å². The summed E-state index contributed by atoms with van der Waals surface area (Å²) in [7, 11) is 0. The molecule has 0 radical (unpaired) electrons. The number of benzene rings is 1. The zero-order valence-corrected chi connectivity index (χ0v) is 13.8. The topological polar surface area (TPSA) is 44.4 Å². The van der Waals surface area contributed by atoms with Crippen molar-refractivity contribution in [3.05, 3.63) is 64.9 Å². The van der Waals surface area contributed by atoms with Crippen molar-refractivity contribution >= 4 is 16.7 Å². The first-order chi connectivity index (χ1) is 12.4. The van der Waals surface area contributed by atoms with Crippen LogP contribution in [0.2, 0.25) is 0 Å². The van der Waals surface area contributed by atoms with E-state index in [0.717, 1.165) is 12.2 Å². The fourth-order valence-electron chi connectivity index (χ4n) is 2.22. The van der Waals surface area contributed by atoms with Crippen LogP contribution in [0.5, 0.6) is 0 Å². The molecule has 10 heteroatoms. The van der Waals surface area contributed by atoms with Crippen molar-refractivity contribution in [3.8, 4) is 0 Å². The first-order valence-electron chi connectivity index (χ1n) is 7.37. The van der Waals surface area contributed by atoms with Crippen LogP contribution in [-0.4, -0.2) is 17.1 Å². The Labute approximate surface area is 148 Å². The number of ether oxygens (including phenoxy) is 1. The van der Waals surface area contributed by atoms with Crippen LogP contribution < -0.4 is 5.76 Å². The van der Waals surface area contributed by atoms with Crippen LogP contribution >= 0.6 is 0 Å². The van der Waals surface area contributed by atoms with Gasteiger partial charge in [0.1, 0.15) is 12.3 Å². The Bertz CT molecular complexity index is 960. The molecule has 2 aromatic rings. The largest absolute Gasteiger partial charge is 0.573 e. The molecule has 0 aliphatic heterocycles. The molecule has 27 heavy (non-hydrogen) atoms. The van der Waals surface area contributed by atoms with Crippen molar-refractivity contribution in [2.75, 3.05) is 0 Å². The maximum Gasteiger partial charge on any atom is 0.573 e. The maximum absolute atomic E-state index is 12.6. The van der Waals surface area contributed by atoms with Crippen LogP contribution in [0.15, 0.2) is 58.0 Å². The standard InChI is InChI=1S/C17H13F6NO3/c1-3-12(27-17(21,22)23)6-4-10(2)11-5-7-14-13(8-11)24(15(25)26-14)9-16(18,19)20/h3-8H,1,9H2,2H3/b10-4+,12-6+. The second-order valence-corrected chi connectivity index (χ2v) is 5.42. The second-order valence-electron chi connectivity index (χ2n) is 5.42. The lowest BCUT2D eigenvalue weighted by Crippen LogP contribution is -2.24. The van der Waals surface area contributed by atoms with E-state index >= 15 is 0 Å². The number of aromatic nitrogens is 1. The highest BCUT2D eigenvalue weighted by Gasteiger charge is 2.31. The molecule has 0 amide bonds. The van der Waals surface area contributed by atoms with Crippen molar-refractivity contribution in [2.45, 2.75) is 26.0 Å². The molecule has 0 fully saturated rings. The molecular formula is C17H13F6NO3. The van der Waals surface area contributed by atoms with E-state index in [0.29, 0.717) is 15.7 Å². The predicted molar refractivity (Wildman–Crippen MR) is 85.6 cm³/mol. The van der Waals surface area contributed by atoms with Gasteiger partial charge in [0.15, 0.2) is 5.58 Å². The highest BCUT2D eigenvalue weighted by molar-refractivity contribution is 5.79. The number of rotatable bonds is 5. The Hall–Kier alpha value is -2.91. The first-order valence-corrected chi connectivity index (χ1v) is 7.37. The van der Waals surface area contributed by atoms with Crippen LogP contribution in [0.3, 0.4) is 0 Å². The minimum atomic E-state index is -4.88. The third kappa shape index (κ3) is 5.53. The van der Waals surface area contributed by atoms with Crippen molar-refractivity contribution in [1.82, 2.24) is 4.57 Å². The van der Waals surface area contributed by atoms with Gasteiger partial charge in [0, 0.05) is 0 Å². The summed E-state index contributed by atoms with van der Waals surface area (Å²) < 4.78 is 83.5. The average molecular weight is 393 g/mol. The van der Waals surface area contributed by atoms with Gasteiger partial charge >= 0.3 is 18.3 Å². The molecule has 0 bridgehead atoms. The van der Waals surface area contributed by atoms with Crippen LogP contribution in [0, 0.1) is 0 Å². The number of nitrogens with zero attached hydrogens (tertiary/aromatic N) is 1. The van der Waals surface area contributed by atoms with Crippen LogP contribution in [0.4, 0.5) is 26.3 Å². The van der Waals surface area contributed by atoms with Gasteiger partial charge in [-0.1, -0.05) is 18.7 Å². The Morgan fingerprint density at radius 2 is 1.89 bits per heavy atom. The summed E-state index contributed by atoms with van der Waals surface area (Å²) in [6.45, 7) is 3.21. The molecule has 0 N–H and O–H groups in total. The number of alkyl halides is 6. The Kier molecular flexibility index (Phi) is 5.57. The van der Waals surface area contributed by atoms with Crippen molar-refractivity contribution in [2.24, 2.45) is 0 Å². The Morgan fingerprint density at radius 3 is 2.44 bits per heavy atom. The molecule has 1 aromatic carbocycles. The lowest BCUT2D eigenvalue weighted by molar-refractivity contribution is -0.303. The van der Waals surface area contributed by atoms with E-state index in [4.69, 9.17) is 4.42 Å². The summed E-state index contributed by atoms with van der Waals surface area (Å²) in [5.41, 5.74) is 0.672. The van der Waals surface area contributed by atoms with E-state index in [1.807, 2.05) is 0 Å². The molecule has 146 valence electrons. The number of fused-ring (bicyclic) bond motifs is 1. The van der Waals surface area contributed by atoms with Gasteiger partial charge in [0.2, 0.25) is 0 Å². The number of halogens is 6. The number of allylic oxidation sites excluding steroid dienone is 4. The van der Waals surface area contributed by atoms with E-state index in [9.17, 15) is 31.1 Å². The number of oxazole rings is 1. The van der Waals surface area contributed by atoms with E-state index in [2.05, 4.69) is 11.3 Å². The number of hydrogen-bond acceptors (Lipinski definition) is 3. The fraction of sp³-hybridized carbons (Fsp3) is 0.235. The van der Waals surface area contributed by atoms with Crippen LogP contribution in [-0.2, 0) is 11.3 Å². The Balaban J connectivity index is 2.42. The quantitative estimate of drug-likeness (QED) is 0.400. The summed E-state index contributed by atoms with van der Waals surface area (Å²) >= 11 is 0. The van der Waals surface area contributed by atoms with Crippen molar-refractivity contribution < 1.29 is 35.5 Å². The molecule has 0 saturated heterocycles. The molecule has 0 unspecified atom stereocenters. The fourth-order valence-corrected chi connectivity index (χ4v) is 2.22. The van der Waals surface area contributed by atoms with Crippen LogP contribution in [0.1, 0.15) is 12.5 Å². The second kappa shape index (κ2) is 7.37. The molecule has 2 rings (SSSR count). The lowest BCUT2D eigenvalue weighted by Gasteiger charge is -2.09. The van der Waals surface area contributed by atoms with E-state index in [-0.39, 0.29) is 11.1 Å². The molecule has 0 aliphatic rings. The molecule has 1 aromatic heterocycles. The van der Waals surface area contributed by atoms with Gasteiger partial charge in [0.25, 0.3) is 0 Å². The SMILES string of the molecule is C=C/C(=C\C=C(/C)c1ccc2oc(=O)n(CC(F)(F)F)c2c1)OC(F)(F)F. The summed E-state index contributed by atoms with van der Waals surface area (Å²) in [5, 5.41) is 0.